The summed E-state index contributed by atoms with van der Waals surface area (Å²) in [4.78, 5) is 15.2. The maximum Gasteiger partial charge on any atom is 0.320 e. The molecule has 2 atom stereocenters. The molecule has 6 heteroatoms. The van der Waals surface area contributed by atoms with E-state index in [9.17, 15) is 9.90 Å². The van der Waals surface area contributed by atoms with E-state index < -0.39 is 12.0 Å². The summed E-state index contributed by atoms with van der Waals surface area (Å²) >= 11 is 5.23. The molecule has 0 aliphatic carbocycles. The van der Waals surface area contributed by atoms with Crippen molar-refractivity contribution in [3.8, 4) is 5.75 Å². The highest BCUT2D eigenvalue weighted by atomic mass is 79.9. The maximum absolute atomic E-state index is 11.9. The molecule has 4 nitrogen and oxygen atoms in total. The Morgan fingerprint density at radius 1 is 1.40 bits per heavy atom. The van der Waals surface area contributed by atoms with Crippen molar-refractivity contribution < 1.29 is 14.6 Å². The summed E-state index contributed by atoms with van der Waals surface area (Å²) in [6.07, 6.45) is 2.66. The first-order valence-electron chi connectivity index (χ1n) is 8.38. The number of hydrogen-bond donors (Lipinski definition) is 1. The number of rotatable bonds is 5. The summed E-state index contributed by atoms with van der Waals surface area (Å²) in [5.74, 6) is 0.0425. The molecule has 1 aromatic heterocycles. The molecule has 1 saturated heterocycles. The number of aryl methyl sites for hydroxylation is 1. The third-order valence-corrected chi connectivity index (χ3v) is 6.26. The van der Waals surface area contributed by atoms with Crippen LogP contribution in [0.1, 0.15) is 41.3 Å². The number of halogens is 1. The number of nitrogens with zero attached hydrogens (tertiary/aromatic N) is 1. The number of carboxylic acids is 1. The molecule has 1 aromatic carbocycles. The fraction of sp³-hybridized carbons (Fsp3) is 0.421. The van der Waals surface area contributed by atoms with Crippen molar-refractivity contribution in [3.63, 3.8) is 0 Å². The quantitative estimate of drug-likeness (QED) is 0.745. The standard InChI is InChI=1S/C19H22BrNO3S/c1-12-9-17(25-11-12)18(14-10-13(20)6-7-16(14)24-2)21-8-4-3-5-15(21)19(22)23/h6-7,9-11,15,18H,3-5,8H2,1-2H3,(H,22,23). The monoisotopic (exact) mass is 423 g/mol. The molecule has 2 unspecified atom stereocenters. The fourth-order valence-corrected chi connectivity index (χ4v) is 4.95. The van der Waals surface area contributed by atoms with Crippen LogP contribution in [-0.2, 0) is 4.79 Å². The molecule has 0 bridgehead atoms. The Labute approximate surface area is 160 Å². The van der Waals surface area contributed by atoms with E-state index in [-0.39, 0.29) is 6.04 Å². The first-order valence-corrected chi connectivity index (χ1v) is 10.1. The molecule has 0 radical (unpaired) electrons. The van der Waals surface area contributed by atoms with E-state index in [1.54, 1.807) is 18.4 Å². The van der Waals surface area contributed by atoms with E-state index in [1.807, 2.05) is 18.2 Å². The number of likely N-dealkylation sites (tertiary alicyclic amines) is 1. The Morgan fingerprint density at radius 2 is 2.20 bits per heavy atom. The second-order valence-corrected chi connectivity index (χ2v) is 8.26. The van der Waals surface area contributed by atoms with Crippen LogP contribution in [0.4, 0.5) is 0 Å². The van der Waals surface area contributed by atoms with Crippen LogP contribution in [0.15, 0.2) is 34.1 Å². The van der Waals surface area contributed by atoms with Crippen molar-refractivity contribution in [1.29, 1.82) is 0 Å². The Balaban J connectivity index is 2.13. The molecular weight excluding hydrogens is 402 g/mol. The van der Waals surface area contributed by atoms with Crippen LogP contribution < -0.4 is 4.74 Å². The smallest absolute Gasteiger partial charge is 0.320 e. The molecule has 2 aromatic rings. The van der Waals surface area contributed by atoms with Gasteiger partial charge in [0.25, 0.3) is 0 Å². The van der Waals surface area contributed by atoms with Gasteiger partial charge in [-0.2, -0.15) is 0 Å². The molecule has 1 fully saturated rings. The van der Waals surface area contributed by atoms with Crippen LogP contribution in [-0.4, -0.2) is 35.7 Å². The third kappa shape index (κ3) is 3.91. The fourth-order valence-electron chi connectivity index (χ4n) is 3.54. The first kappa shape index (κ1) is 18.4. The normalized spacial score (nSPS) is 19.6. The van der Waals surface area contributed by atoms with Gasteiger partial charge in [0.15, 0.2) is 0 Å². The number of hydrogen-bond acceptors (Lipinski definition) is 4. The molecule has 2 heterocycles. The van der Waals surface area contributed by atoms with Crippen LogP contribution in [0.3, 0.4) is 0 Å². The van der Waals surface area contributed by atoms with Gasteiger partial charge in [0, 0.05) is 14.9 Å². The van der Waals surface area contributed by atoms with Gasteiger partial charge < -0.3 is 9.84 Å². The van der Waals surface area contributed by atoms with Gasteiger partial charge >= 0.3 is 5.97 Å². The van der Waals surface area contributed by atoms with E-state index in [1.165, 1.54) is 5.56 Å². The second kappa shape index (κ2) is 7.89. The van der Waals surface area contributed by atoms with Gasteiger partial charge in [0.05, 0.1) is 13.2 Å². The van der Waals surface area contributed by atoms with Gasteiger partial charge in [-0.05, 0) is 61.5 Å². The molecule has 0 spiro atoms. The number of carboxylic acid groups (broad SMARTS) is 1. The van der Waals surface area contributed by atoms with Crippen molar-refractivity contribution >= 4 is 33.2 Å². The second-order valence-electron chi connectivity index (χ2n) is 6.40. The average molecular weight is 424 g/mol. The number of aliphatic carboxylic acids is 1. The van der Waals surface area contributed by atoms with Crippen molar-refractivity contribution in [2.75, 3.05) is 13.7 Å². The summed E-state index contributed by atoms with van der Waals surface area (Å²) < 4.78 is 6.57. The highest BCUT2D eigenvalue weighted by Crippen LogP contribution is 2.41. The summed E-state index contributed by atoms with van der Waals surface area (Å²) in [5.41, 5.74) is 2.20. The molecule has 1 aliphatic heterocycles. The highest BCUT2D eigenvalue weighted by molar-refractivity contribution is 9.10. The summed E-state index contributed by atoms with van der Waals surface area (Å²) in [7, 11) is 1.66. The molecule has 3 rings (SSSR count). The van der Waals surface area contributed by atoms with Crippen LogP contribution in [0.5, 0.6) is 5.75 Å². The summed E-state index contributed by atoms with van der Waals surface area (Å²) in [5, 5.41) is 11.9. The van der Waals surface area contributed by atoms with E-state index in [2.05, 4.69) is 39.2 Å². The predicted molar refractivity (Wildman–Crippen MR) is 104 cm³/mol. The first-order chi connectivity index (χ1) is 12.0. The molecule has 1 aliphatic rings. The average Bonchev–Trinajstić information content (AvgIpc) is 3.02. The summed E-state index contributed by atoms with van der Waals surface area (Å²) in [6.45, 7) is 2.84. The van der Waals surface area contributed by atoms with E-state index in [0.29, 0.717) is 6.42 Å². The SMILES string of the molecule is COc1ccc(Br)cc1C(c1cc(C)cs1)N1CCCCC1C(=O)O. The minimum absolute atomic E-state index is 0.118. The van der Waals surface area contributed by atoms with Crippen LogP contribution in [0, 0.1) is 6.92 Å². The van der Waals surface area contributed by atoms with Crippen LogP contribution in [0.25, 0.3) is 0 Å². The Morgan fingerprint density at radius 3 is 2.84 bits per heavy atom. The lowest BCUT2D eigenvalue weighted by Crippen LogP contribution is -2.46. The number of benzene rings is 1. The Bertz CT molecular complexity index is 761. The van der Waals surface area contributed by atoms with Crippen LogP contribution in [0.2, 0.25) is 0 Å². The molecule has 134 valence electrons. The molecular formula is C19H22BrNO3S. The third-order valence-electron chi connectivity index (χ3n) is 4.67. The molecule has 25 heavy (non-hydrogen) atoms. The predicted octanol–water partition coefficient (Wildman–Crippen LogP) is 4.86. The van der Waals surface area contributed by atoms with Crippen molar-refractivity contribution in [1.82, 2.24) is 4.90 Å². The molecule has 1 N–H and O–H groups in total. The largest absolute Gasteiger partial charge is 0.496 e. The Kier molecular flexibility index (Phi) is 5.81. The minimum atomic E-state index is -0.744. The zero-order valence-electron chi connectivity index (χ0n) is 14.4. The van der Waals surface area contributed by atoms with Crippen molar-refractivity contribution in [2.45, 2.75) is 38.3 Å². The van der Waals surface area contributed by atoms with Gasteiger partial charge in [0.2, 0.25) is 0 Å². The topological polar surface area (TPSA) is 49.8 Å². The lowest BCUT2D eigenvalue weighted by atomic mass is 9.94. The number of ether oxygens (including phenoxy) is 1. The van der Waals surface area contributed by atoms with Crippen molar-refractivity contribution in [3.05, 3.63) is 50.1 Å². The van der Waals surface area contributed by atoms with Gasteiger partial charge in [0.1, 0.15) is 11.8 Å². The van der Waals surface area contributed by atoms with Gasteiger partial charge in [-0.15, -0.1) is 11.3 Å². The van der Waals surface area contributed by atoms with E-state index >= 15 is 0 Å². The minimum Gasteiger partial charge on any atom is -0.496 e. The summed E-state index contributed by atoms with van der Waals surface area (Å²) in [6, 6.07) is 7.50. The number of thiophene rings is 1. The van der Waals surface area contributed by atoms with Gasteiger partial charge in [-0.3, -0.25) is 9.69 Å². The highest BCUT2D eigenvalue weighted by Gasteiger charge is 2.36. The number of carbonyl (C=O) groups is 1. The zero-order valence-corrected chi connectivity index (χ0v) is 16.8. The van der Waals surface area contributed by atoms with Crippen LogP contribution >= 0.6 is 27.3 Å². The van der Waals surface area contributed by atoms with Crippen molar-refractivity contribution in [2.24, 2.45) is 0 Å². The molecule has 0 saturated carbocycles. The van der Waals surface area contributed by atoms with E-state index in [4.69, 9.17) is 4.74 Å². The Hall–Kier alpha value is -1.37. The lowest BCUT2D eigenvalue weighted by Gasteiger charge is -2.39. The van der Waals surface area contributed by atoms with E-state index in [0.717, 1.165) is 40.0 Å². The lowest BCUT2D eigenvalue weighted by molar-refractivity contribution is -0.145. The van der Waals surface area contributed by atoms with Gasteiger partial charge in [-0.25, -0.2) is 0 Å². The molecule has 0 amide bonds. The number of methoxy groups -OCH3 is 1. The zero-order chi connectivity index (χ0) is 18.0. The maximum atomic E-state index is 11.9. The number of piperidine rings is 1. The van der Waals surface area contributed by atoms with Gasteiger partial charge in [-0.1, -0.05) is 22.4 Å².